The summed E-state index contributed by atoms with van der Waals surface area (Å²) in [5.41, 5.74) is 1.31. The van der Waals surface area contributed by atoms with Crippen molar-refractivity contribution in [3.63, 3.8) is 0 Å². The summed E-state index contributed by atoms with van der Waals surface area (Å²) in [7, 11) is 0. The number of benzene rings is 1. The summed E-state index contributed by atoms with van der Waals surface area (Å²) in [6, 6.07) is 7.49. The van der Waals surface area contributed by atoms with Crippen LogP contribution in [0.15, 0.2) is 28.8 Å². The molecule has 7 heteroatoms. The molecule has 1 fully saturated rings. The number of carbonyl (C=O) groups excluding carboxylic acids is 1. The number of para-hydroxylation sites is 1. The molecule has 24 heavy (non-hydrogen) atoms. The Morgan fingerprint density at radius 1 is 1.38 bits per heavy atom. The van der Waals surface area contributed by atoms with Crippen LogP contribution < -0.4 is 0 Å². The van der Waals surface area contributed by atoms with E-state index in [0.717, 1.165) is 23.7 Å². The van der Waals surface area contributed by atoms with Crippen LogP contribution in [0.4, 0.5) is 0 Å². The van der Waals surface area contributed by atoms with Gasteiger partial charge in [0.25, 0.3) is 5.91 Å². The molecule has 1 aromatic carbocycles. The predicted octanol–water partition coefficient (Wildman–Crippen LogP) is 3.05. The molecule has 1 atom stereocenters. The van der Waals surface area contributed by atoms with Crippen LogP contribution in [-0.4, -0.2) is 37.7 Å². The molecule has 0 saturated carbocycles. The molecule has 1 N–H and O–H groups in total. The van der Waals surface area contributed by atoms with Crippen molar-refractivity contribution in [3.8, 4) is 0 Å². The number of amides is 1. The van der Waals surface area contributed by atoms with Crippen LogP contribution in [0.3, 0.4) is 0 Å². The fourth-order valence-corrected chi connectivity index (χ4v) is 3.16. The van der Waals surface area contributed by atoms with Crippen molar-refractivity contribution in [1.82, 2.24) is 25.2 Å². The molecule has 3 aromatic rings. The van der Waals surface area contributed by atoms with Gasteiger partial charge in [0.1, 0.15) is 0 Å². The minimum atomic E-state index is -0.149. The molecule has 0 aliphatic carbocycles. The van der Waals surface area contributed by atoms with E-state index >= 15 is 0 Å². The van der Waals surface area contributed by atoms with E-state index in [1.54, 1.807) is 4.90 Å². The molecule has 1 aliphatic rings. The summed E-state index contributed by atoms with van der Waals surface area (Å²) in [5, 5.41) is 12.1. The first-order valence-electron chi connectivity index (χ1n) is 8.22. The number of H-pyrrole nitrogens is 1. The molecule has 2 aromatic heterocycles. The third-order valence-electron chi connectivity index (χ3n) is 4.44. The zero-order valence-electron chi connectivity index (χ0n) is 13.7. The number of aromatic nitrogens is 4. The Hall–Kier alpha value is -2.70. The van der Waals surface area contributed by atoms with E-state index in [-0.39, 0.29) is 17.9 Å². The molecule has 124 valence electrons. The topological polar surface area (TPSA) is 87.9 Å². The van der Waals surface area contributed by atoms with Crippen molar-refractivity contribution in [2.75, 3.05) is 6.54 Å². The van der Waals surface area contributed by atoms with Gasteiger partial charge in [0.15, 0.2) is 11.5 Å². The summed E-state index contributed by atoms with van der Waals surface area (Å²) in [4.78, 5) is 19.3. The maximum absolute atomic E-state index is 13.0. The van der Waals surface area contributed by atoms with Gasteiger partial charge in [0, 0.05) is 17.8 Å². The van der Waals surface area contributed by atoms with Gasteiger partial charge in [-0.25, -0.2) is 0 Å². The third-order valence-corrected chi connectivity index (χ3v) is 4.44. The number of hydrogen-bond acceptors (Lipinski definition) is 5. The second-order valence-electron chi connectivity index (χ2n) is 6.42. The van der Waals surface area contributed by atoms with Crippen molar-refractivity contribution >= 4 is 16.8 Å². The highest BCUT2D eigenvalue weighted by Gasteiger charge is 2.35. The number of aromatic amines is 1. The predicted molar refractivity (Wildman–Crippen MR) is 87.5 cm³/mol. The maximum atomic E-state index is 13.0. The van der Waals surface area contributed by atoms with E-state index in [1.807, 2.05) is 38.1 Å². The molecule has 7 nitrogen and oxygen atoms in total. The van der Waals surface area contributed by atoms with Gasteiger partial charge in [0.05, 0.1) is 11.6 Å². The first-order chi connectivity index (χ1) is 11.6. The Morgan fingerprint density at radius 2 is 2.21 bits per heavy atom. The Balaban J connectivity index is 1.65. The van der Waals surface area contributed by atoms with Gasteiger partial charge < -0.3 is 9.42 Å². The molecule has 1 amide bonds. The lowest BCUT2D eigenvalue weighted by molar-refractivity contribution is 0.0724. The van der Waals surface area contributed by atoms with Crippen molar-refractivity contribution in [1.29, 1.82) is 0 Å². The molecule has 1 saturated heterocycles. The van der Waals surface area contributed by atoms with E-state index in [9.17, 15) is 4.79 Å². The summed E-state index contributed by atoms with van der Waals surface area (Å²) in [6.45, 7) is 4.69. The summed E-state index contributed by atoms with van der Waals surface area (Å²) < 4.78 is 5.31. The molecule has 0 unspecified atom stereocenters. The second-order valence-corrected chi connectivity index (χ2v) is 6.42. The number of nitrogens with one attached hydrogen (secondary N) is 1. The summed E-state index contributed by atoms with van der Waals surface area (Å²) in [6.07, 6.45) is 1.76. The van der Waals surface area contributed by atoms with Crippen LogP contribution in [-0.2, 0) is 0 Å². The van der Waals surface area contributed by atoms with Crippen LogP contribution in [0.5, 0.6) is 0 Å². The van der Waals surface area contributed by atoms with Crippen LogP contribution in [0.1, 0.15) is 60.9 Å². The van der Waals surface area contributed by atoms with Crippen molar-refractivity contribution < 1.29 is 9.32 Å². The Morgan fingerprint density at radius 3 is 3.00 bits per heavy atom. The summed E-state index contributed by atoms with van der Waals surface area (Å²) in [5.74, 6) is 1.27. The zero-order chi connectivity index (χ0) is 16.7. The number of fused-ring (bicyclic) bond motifs is 1. The van der Waals surface area contributed by atoms with E-state index in [4.69, 9.17) is 4.52 Å². The van der Waals surface area contributed by atoms with Gasteiger partial charge in [-0.05, 0) is 18.9 Å². The monoisotopic (exact) mass is 325 g/mol. The SMILES string of the molecule is CC(C)c1nc([C@@H]2CCCN2C(=O)c2n[nH]c3ccccc23)no1. The van der Waals surface area contributed by atoms with Gasteiger partial charge in [-0.3, -0.25) is 9.89 Å². The Kier molecular flexibility index (Phi) is 3.55. The first kappa shape index (κ1) is 14.9. The van der Waals surface area contributed by atoms with E-state index in [0.29, 0.717) is 24.0 Å². The normalized spacial score (nSPS) is 18.0. The van der Waals surface area contributed by atoms with E-state index in [1.165, 1.54) is 0 Å². The van der Waals surface area contributed by atoms with Gasteiger partial charge in [-0.15, -0.1) is 0 Å². The smallest absolute Gasteiger partial charge is 0.275 e. The van der Waals surface area contributed by atoms with Gasteiger partial charge >= 0.3 is 0 Å². The minimum absolute atomic E-state index is 0.0918. The van der Waals surface area contributed by atoms with Crippen molar-refractivity contribution in [2.24, 2.45) is 0 Å². The lowest BCUT2D eigenvalue weighted by Crippen LogP contribution is -2.31. The molecule has 4 rings (SSSR count). The molecule has 0 spiro atoms. The highest BCUT2D eigenvalue weighted by Crippen LogP contribution is 2.32. The average molecular weight is 325 g/mol. The molecular weight excluding hydrogens is 306 g/mol. The molecule has 3 heterocycles. The molecule has 1 aliphatic heterocycles. The van der Waals surface area contributed by atoms with Crippen LogP contribution in [0.25, 0.3) is 10.9 Å². The van der Waals surface area contributed by atoms with E-state index < -0.39 is 0 Å². The van der Waals surface area contributed by atoms with Crippen LogP contribution >= 0.6 is 0 Å². The molecular formula is C17H19N5O2. The quantitative estimate of drug-likeness (QED) is 0.799. The second kappa shape index (κ2) is 5.74. The average Bonchev–Trinajstić information content (AvgIpc) is 3.31. The maximum Gasteiger partial charge on any atom is 0.275 e. The number of hydrogen-bond donors (Lipinski definition) is 1. The highest BCUT2D eigenvalue weighted by molar-refractivity contribution is 6.04. The highest BCUT2D eigenvalue weighted by atomic mass is 16.5. The molecule has 0 bridgehead atoms. The number of likely N-dealkylation sites (tertiary alicyclic amines) is 1. The van der Waals surface area contributed by atoms with Gasteiger partial charge in [-0.1, -0.05) is 37.2 Å². The lowest BCUT2D eigenvalue weighted by atomic mass is 10.1. The van der Waals surface area contributed by atoms with Crippen molar-refractivity contribution in [3.05, 3.63) is 41.7 Å². The van der Waals surface area contributed by atoms with E-state index in [2.05, 4.69) is 20.3 Å². The fourth-order valence-electron chi connectivity index (χ4n) is 3.16. The summed E-state index contributed by atoms with van der Waals surface area (Å²) >= 11 is 0. The largest absolute Gasteiger partial charge is 0.339 e. The number of rotatable bonds is 3. The fraction of sp³-hybridized carbons (Fsp3) is 0.412. The Labute approximate surface area is 139 Å². The van der Waals surface area contributed by atoms with Crippen molar-refractivity contribution in [2.45, 2.75) is 38.6 Å². The number of nitrogens with zero attached hydrogens (tertiary/aromatic N) is 4. The number of carbonyl (C=O) groups is 1. The standard InChI is InChI=1S/C17H19N5O2/c1-10(2)16-18-15(21-24-16)13-8-5-9-22(13)17(23)14-11-6-3-4-7-12(11)19-20-14/h3-4,6-7,10,13H,5,8-9H2,1-2H3,(H,19,20)/t13-/m0/s1. The minimum Gasteiger partial charge on any atom is -0.339 e. The van der Waals surface area contributed by atoms with Crippen LogP contribution in [0.2, 0.25) is 0 Å². The van der Waals surface area contributed by atoms with Crippen LogP contribution in [0, 0.1) is 0 Å². The molecule has 0 radical (unpaired) electrons. The van der Waals surface area contributed by atoms with Gasteiger partial charge in [0.2, 0.25) is 5.89 Å². The third kappa shape index (κ3) is 2.36. The van der Waals surface area contributed by atoms with Gasteiger partial charge in [-0.2, -0.15) is 10.1 Å². The first-order valence-corrected chi connectivity index (χ1v) is 8.22. The Bertz CT molecular complexity index is 882. The zero-order valence-corrected chi connectivity index (χ0v) is 13.7. The lowest BCUT2D eigenvalue weighted by Gasteiger charge is -2.21.